The highest BCUT2D eigenvalue weighted by molar-refractivity contribution is 5.88. The molecular weight excluding hydrogens is 176 g/mol. The number of nitrogen functional groups attached to an aromatic ring is 1. The van der Waals surface area contributed by atoms with Crippen LogP contribution in [0.25, 0.3) is 0 Å². The Morgan fingerprint density at radius 1 is 1.64 bits per heavy atom. The number of anilines is 1. The van der Waals surface area contributed by atoms with E-state index in [1.54, 1.807) is 12.3 Å². The summed E-state index contributed by atoms with van der Waals surface area (Å²) in [4.78, 5) is 15.6. The maximum absolute atomic E-state index is 11.7. The summed E-state index contributed by atoms with van der Waals surface area (Å²) in [5.41, 5.74) is 6.46. The molecule has 1 heterocycles. The Bertz CT molecular complexity index is 369. The third-order valence-corrected chi connectivity index (χ3v) is 2.88. The van der Waals surface area contributed by atoms with E-state index in [-0.39, 0.29) is 5.41 Å². The molecule has 0 aromatic carbocycles. The number of carbonyl (C=O) groups excluding carboxylic acids is 1. The zero-order valence-electron chi connectivity index (χ0n) is 8.29. The molecule has 0 bridgehead atoms. The van der Waals surface area contributed by atoms with E-state index >= 15 is 0 Å². The Morgan fingerprint density at radius 2 is 2.36 bits per heavy atom. The number of aromatic nitrogens is 1. The molecule has 0 spiro atoms. The van der Waals surface area contributed by atoms with E-state index in [1.165, 1.54) is 0 Å². The second kappa shape index (κ2) is 3.08. The lowest BCUT2D eigenvalue weighted by Crippen LogP contribution is -2.14. The molecule has 2 rings (SSSR count). The van der Waals surface area contributed by atoms with Gasteiger partial charge in [0.2, 0.25) is 0 Å². The third-order valence-electron chi connectivity index (χ3n) is 2.88. The van der Waals surface area contributed by atoms with Crippen LogP contribution >= 0.6 is 0 Å². The van der Waals surface area contributed by atoms with E-state index in [2.05, 4.69) is 4.98 Å². The van der Waals surface area contributed by atoms with Gasteiger partial charge in [0.05, 0.1) is 0 Å². The minimum absolute atomic E-state index is 0.0436. The normalized spacial score (nSPS) is 17.8. The number of carbonyl (C=O) groups is 1. The van der Waals surface area contributed by atoms with Gasteiger partial charge >= 0.3 is 0 Å². The molecule has 3 nitrogen and oxygen atoms in total. The smallest absolute Gasteiger partial charge is 0.143 e. The van der Waals surface area contributed by atoms with Crippen LogP contribution in [0.5, 0.6) is 0 Å². The average Bonchev–Trinajstić information content (AvgIpc) is 2.85. The van der Waals surface area contributed by atoms with Crippen molar-refractivity contribution < 1.29 is 4.79 Å². The number of nitrogens with zero attached hydrogens (tertiary/aromatic N) is 1. The molecule has 3 heteroatoms. The summed E-state index contributed by atoms with van der Waals surface area (Å²) < 4.78 is 0. The summed E-state index contributed by atoms with van der Waals surface area (Å²) in [5, 5.41) is 0. The quantitative estimate of drug-likeness (QED) is 0.787. The Kier molecular flexibility index (Phi) is 2.02. The van der Waals surface area contributed by atoms with E-state index in [0.717, 1.165) is 18.4 Å². The summed E-state index contributed by atoms with van der Waals surface area (Å²) in [7, 11) is 0. The second-order valence-electron chi connectivity index (χ2n) is 4.25. The van der Waals surface area contributed by atoms with Crippen molar-refractivity contribution in [3.05, 3.63) is 23.9 Å². The number of nitrogens with two attached hydrogens (primary N) is 1. The molecule has 74 valence electrons. The van der Waals surface area contributed by atoms with Crippen LogP contribution in [0, 0.1) is 5.41 Å². The largest absolute Gasteiger partial charge is 0.384 e. The van der Waals surface area contributed by atoms with Gasteiger partial charge in [-0.25, -0.2) is 4.98 Å². The van der Waals surface area contributed by atoms with Gasteiger partial charge in [0.15, 0.2) is 0 Å². The van der Waals surface area contributed by atoms with Crippen molar-refractivity contribution >= 4 is 11.6 Å². The number of Topliss-reactive ketones (excluding diaryl/α,β-unsaturated/α-hetero) is 1. The maximum atomic E-state index is 11.7. The van der Waals surface area contributed by atoms with Crippen LogP contribution in [-0.4, -0.2) is 10.8 Å². The van der Waals surface area contributed by atoms with Gasteiger partial charge in [-0.15, -0.1) is 0 Å². The summed E-state index contributed by atoms with van der Waals surface area (Å²) in [6.45, 7) is 2.03. The first-order valence-corrected chi connectivity index (χ1v) is 4.84. The molecule has 0 aliphatic heterocycles. The van der Waals surface area contributed by atoms with Gasteiger partial charge < -0.3 is 5.73 Å². The molecule has 1 saturated carbocycles. The van der Waals surface area contributed by atoms with Crippen molar-refractivity contribution in [2.24, 2.45) is 5.41 Å². The summed E-state index contributed by atoms with van der Waals surface area (Å²) in [5.74, 6) is 0.805. The van der Waals surface area contributed by atoms with E-state index in [1.807, 2.05) is 13.0 Å². The molecule has 1 aliphatic rings. The number of hydrogen-bond donors (Lipinski definition) is 1. The van der Waals surface area contributed by atoms with Gasteiger partial charge in [-0.2, -0.15) is 0 Å². The van der Waals surface area contributed by atoms with Crippen molar-refractivity contribution in [3.63, 3.8) is 0 Å². The first-order chi connectivity index (χ1) is 6.60. The molecular formula is C11H14N2O. The molecule has 1 aromatic rings. The molecule has 1 fully saturated rings. The lowest BCUT2D eigenvalue weighted by molar-refractivity contribution is -0.122. The topological polar surface area (TPSA) is 56.0 Å². The van der Waals surface area contributed by atoms with Crippen LogP contribution in [0.1, 0.15) is 25.3 Å². The van der Waals surface area contributed by atoms with Crippen LogP contribution in [0.3, 0.4) is 0 Å². The summed E-state index contributed by atoms with van der Waals surface area (Å²) >= 11 is 0. The Balaban J connectivity index is 2.07. The van der Waals surface area contributed by atoms with Gasteiger partial charge in [-0.1, -0.05) is 6.92 Å². The predicted molar refractivity (Wildman–Crippen MR) is 54.7 cm³/mol. The second-order valence-corrected chi connectivity index (χ2v) is 4.25. The summed E-state index contributed by atoms with van der Waals surface area (Å²) in [6.07, 6.45) is 4.20. The SMILES string of the molecule is CC1(C(=O)Cc2ccnc(N)c2)CC1. The van der Waals surface area contributed by atoms with E-state index in [9.17, 15) is 4.79 Å². The Labute approximate surface area is 83.3 Å². The molecule has 14 heavy (non-hydrogen) atoms. The van der Waals surface area contributed by atoms with Crippen LogP contribution in [0.2, 0.25) is 0 Å². The lowest BCUT2D eigenvalue weighted by atomic mass is 9.98. The summed E-state index contributed by atoms with van der Waals surface area (Å²) in [6, 6.07) is 3.61. The third kappa shape index (κ3) is 1.76. The minimum Gasteiger partial charge on any atom is -0.384 e. The highest BCUT2D eigenvalue weighted by Crippen LogP contribution is 2.46. The lowest BCUT2D eigenvalue weighted by Gasteiger charge is -2.06. The van der Waals surface area contributed by atoms with Gasteiger partial charge in [0, 0.05) is 18.0 Å². The maximum Gasteiger partial charge on any atom is 0.143 e. The molecule has 0 amide bonds. The van der Waals surface area contributed by atoms with Crippen molar-refractivity contribution in [2.45, 2.75) is 26.2 Å². The minimum atomic E-state index is -0.0436. The van der Waals surface area contributed by atoms with Gasteiger partial charge in [-0.05, 0) is 30.5 Å². The molecule has 1 aliphatic carbocycles. The van der Waals surface area contributed by atoms with E-state index in [0.29, 0.717) is 18.0 Å². The highest BCUT2D eigenvalue weighted by atomic mass is 16.1. The molecule has 2 N–H and O–H groups in total. The van der Waals surface area contributed by atoms with Gasteiger partial charge in [0.1, 0.15) is 11.6 Å². The van der Waals surface area contributed by atoms with E-state index in [4.69, 9.17) is 5.73 Å². The van der Waals surface area contributed by atoms with Crippen molar-refractivity contribution in [1.82, 2.24) is 4.98 Å². The fraction of sp³-hybridized carbons (Fsp3) is 0.455. The number of ketones is 1. The number of pyridine rings is 1. The monoisotopic (exact) mass is 190 g/mol. The number of rotatable bonds is 3. The molecule has 0 radical (unpaired) electrons. The molecule has 0 atom stereocenters. The highest BCUT2D eigenvalue weighted by Gasteiger charge is 2.43. The van der Waals surface area contributed by atoms with Crippen LogP contribution in [0.4, 0.5) is 5.82 Å². The zero-order valence-corrected chi connectivity index (χ0v) is 8.29. The average molecular weight is 190 g/mol. The van der Waals surface area contributed by atoms with Crippen LogP contribution in [0.15, 0.2) is 18.3 Å². The molecule has 0 saturated heterocycles. The zero-order chi connectivity index (χ0) is 10.2. The molecule has 0 unspecified atom stereocenters. The predicted octanol–water partition coefficient (Wildman–Crippen LogP) is 1.58. The fourth-order valence-corrected chi connectivity index (χ4v) is 1.47. The standard InChI is InChI=1S/C11H14N2O/c1-11(3-4-11)9(14)6-8-2-5-13-10(12)7-8/h2,5,7H,3-4,6H2,1H3,(H2,12,13). The van der Waals surface area contributed by atoms with Gasteiger partial charge in [-0.3, -0.25) is 4.79 Å². The Hall–Kier alpha value is -1.38. The van der Waals surface area contributed by atoms with E-state index < -0.39 is 0 Å². The van der Waals surface area contributed by atoms with Crippen LogP contribution < -0.4 is 5.73 Å². The molecule has 1 aromatic heterocycles. The van der Waals surface area contributed by atoms with Crippen molar-refractivity contribution in [1.29, 1.82) is 0 Å². The fourth-order valence-electron chi connectivity index (χ4n) is 1.47. The first kappa shape index (κ1) is 9.19. The van der Waals surface area contributed by atoms with Crippen molar-refractivity contribution in [3.8, 4) is 0 Å². The Morgan fingerprint density at radius 3 is 2.93 bits per heavy atom. The van der Waals surface area contributed by atoms with Gasteiger partial charge in [0.25, 0.3) is 0 Å². The number of hydrogen-bond acceptors (Lipinski definition) is 3. The van der Waals surface area contributed by atoms with Crippen molar-refractivity contribution in [2.75, 3.05) is 5.73 Å². The van der Waals surface area contributed by atoms with Crippen LogP contribution in [-0.2, 0) is 11.2 Å². The first-order valence-electron chi connectivity index (χ1n) is 4.84.